The number of piperazine rings is 1. The molecule has 11 heteroatoms. The molecule has 0 spiro atoms. The molecule has 4 heterocycles. The van der Waals surface area contributed by atoms with Crippen molar-refractivity contribution >= 4 is 15.8 Å². The molecule has 1 aromatic carbocycles. The number of hydrogen-bond donors (Lipinski definition) is 0. The van der Waals surface area contributed by atoms with E-state index in [2.05, 4.69) is 15.1 Å². The third-order valence-electron chi connectivity index (χ3n) is 5.09. The van der Waals surface area contributed by atoms with Gasteiger partial charge in [-0.1, -0.05) is 0 Å². The maximum atomic E-state index is 13.1. The average molecular weight is 428 g/mol. The maximum absolute atomic E-state index is 13.1. The first-order chi connectivity index (χ1) is 14.6. The Morgan fingerprint density at radius 3 is 2.43 bits per heavy atom. The molecule has 0 aliphatic carbocycles. The Morgan fingerprint density at radius 1 is 0.900 bits per heavy atom. The first-order valence-corrected chi connectivity index (χ1v) is 11.0. The van der Waals surface area contributed by atoms with Crippen molar-refractivity contribution in [1.82, 2.24) is 24.1 Å². The molecule has 0 amide bonds. The molecule has 2 aliphatic rings. The molecule has 2 aromatic heterocycles. The van der Waals surface area contributed by atoms with Crippen molar-refractivity contribution in [3.8, 4) is 17.3 Å². The van der Waals surface area contributed by atoms with Crippen LogP contribution in [0, 0.1) is 0 Å². The molecule has 1 fully saturated rings. The van der Waals surface area contributed by atoms with Gasteiger partial charge in [-0.2, -0.15) is 9.40 Å². The normalized spacial score (nSPS) is 17.1. The van der Waals surface area contributed by atoms with Crippen molar-refractivity contribution in [3.63, 3.8) is 0 Å². The van der Waals surface area contributed by atoms with Crippen LogP contribution < -0.4 is 14.4 Å². The third-order valence-corrected chi connectivity index (χ3v) is 6.99. The second-order valence-electron chi connectivity index (χ2n) is 6.88. The maximum Gasteiger partial charge on any atom is 0.243 e. The van der Waals surface area contributed by atoms with Crippen LogP contribution in [-0.2, 0) is 10.0 Å². The molecule has 5 rings (SSSR count). The lowest BCUT2D eigenvalue weighted by molar-refractivity contribution is 0.171. The van der Waals surface area contributed by atoms with Crippen LogP contribution in [0.3, 0.4) is 0 Å². The number of rotatable bonds is 4. The van der Waals surface area contributed by atoms with Gasteiger partial charge in [0.05, 0.1) is 4.90 Å². The minimum atomic E-state index is -3.62. The molecule has 0 unspecified atom stereocenters. The van der Waals surface area contributed by atoms with Crippen molar-refractivity contribution < 1.29 is 17.9 Å². The topological polar surface area (TPSA) is 103 Å². The monoisotopic (exact) mass is 428 g/mol. The molecule has 30 heavy (non-hydrogen) atoms. The van der Waals surface area contributed by atoms with E-state index in [9.17, 15) is 8.42 Å². The third kappa shape index (κ3) is 3.46. The van der Waals surface area contributed by atoms with Crippen molar-refractivity contribution in [2.45, 2.75) is 4.90 Å². The quantitative estimate of drug-likeness (QED) is 0.605. The molecule has 0 bridgehead atoms. The molecule has 0 atom stereocenters. The van der Waals surface area contributed by atoms with Gasteiger partial charge in [-0.3, -0.25) is 0 Å². The van der Waals surface area contributed by atoms with E-state index in [4.69, 9.17) is 9.47 Å². The van der Waals surface area contributed by atoms with E-state index in [0.717, 1.165) is 5.82 Å². The highest BCUT2D eigenvalue weighted by Gasteiger charge is 2.30. The summed E-state index contributed by atoms with van der Waals surface area (Å²) >= 11 is 0. The lowest BCUT2D eigenvalue weighted by Gasteiger charge is -2.34. The molecule has 2 aliphatic heterocycles. The Labute approximate surface area is 173 Å². The minimum Gasteiger partial charge on any atom is -0.486 e. The van der Waals surface area contributed by atoms with Gasteiger partial charge in [-0.25, -0.2) is 23.1 Å². The van der Waals surface area contributed by atoms with Gasteiger partial charge in [0.2, 0.25) is 10.0 Å². The molecule has 0 N–H and O–H groups in total. The predicted molar refractivity (Wildman–Crippen MR) is 108 cm³/mol. The average Bonchev–Trinajstić information content (AvgIpc) is 3.34. The molecule has 0 radical (unpaired) electrons. The van der Waals surface area contributed by atoms with Crippen LogP contribution in [0.1, 0.15) is 0 Å². The summed E-state index contributed by atoms with van der Waals surface area (Å²) in [5.41, 5.74) is 0. The number of benzene rings is 1. The van der Waals surface area contributed by atoms with E-state index in [0.29, 0.717) is 56.7 Å². The van der Waals surface area contributed by atoms with Crippen molar-refractivity contribution in [1.29, 1.82) is 0 Å². The highest BCUT2D eigenvalue weighted by Crippen LogP contribution is 2.33. The Bertz CT molecular complexity index is 1140. The lowest BCUT2D eigenvalue weighted by Crippen LogP contribution is -2.49. The van der Waals surface area contributed by atoms with Crippen LogP contribution in [-0.4, -0.2) is 71.9 Å². The van der Waals surface area contributed by atoms with Gasteiger partial charge >= 0.3 is 0 Å². The zero-order valence-electron chi connectivity index (χ0n) is 16.1. The summed E-state index contributed by atoms with van der Waals surface area (Å²) in [5, 5.41) is 4.18. The number of ether oxygens (including phenoxy) is 2. The van der Waals surface area contributed by atoms with Gasteiger partial charge in [0, 0.05) is 50.7 Å². The zero-order valence-corrected chi connectivity index (χ0v) is 16.9. The molecule has 3 aromatic rings. The number of anilines is 1. The summed E-state index contributed by atoms with van der Waals surface area (Å²) in [4.78, 5) is 10.8. The number of fused-ring (bicyclic) bond motifs is 1. The summed E-state index contributed by atoms with van der Waals surface area (Å²) < 4.78 is 40.4. The fourth-order valence-electron chi connectivity index (χ4n) is 3.53. The zero-order chi connectivity index (χ0) is 20.6. The Balaban J connectivity index is 1.30. The largest absolute Gasteiger partial charge is 0.486 e. The first kappa shape index (κ1) is 18.8. The van der Waals surface area contributed by atoms with Gasteiger partial charge < -0.3 is 14.4 Å². The van der Waals surface area contributed by atoms with Crippen molar-refractivity contribution in [3.05, 3.63) is 49.1 Å². The molecular formula is C19H20N6O4S. The van der Waals surface area contributed by atoms with E-state index in [1.54, 1.807) is 23.0 Å². The first-order valence-electron chi connectivity index (χ1n) is 9.58. The fraction of sp³-hybridized carbons (Fsp3) is 0.316. The number of nitrogens with zero attached hydrogens (tertiary/aromatic N) is 6. The van der Waals surface area contributed by atoms with Crippen LogP contribution in [0.2, 0.25) is 0 Å². The smallest absolute Gasteiger partial charge is 0.243 e. The number of aromatic nitrogens is 4. The summed E-state index contributed by atoms with van der Waals surface area (Å²) in [6.45, 7) is 2.65. The van der Waals surface area contributed by atoms with Crippen LogP contribution in [0.25, 0.3) is 5.82 Å². The second-order valence-corrected chi connectivity index (χ2v) is 8.82. The van der Waals surface area contributed by atoms with Crippen LogP contribution in [0.4, 0.5) is 5.82 Å². The highest BCUT2D eigenvalue weighted by molar-refractivity contribution is 7.89. The second kappa shape index (κ2) is 7.58. The standard InChI is InChI=1S/C19H20N6O4S/c26-30(27,15-2-3-16-17(12-15)29-11-10-28-16)24-8-6-23(7-9-24)18-13-19(21-14-20-18)25-5-1-4-22-25/h1-5,12-14H,6-11H2. The van der Waals surface area contributed by atoms with Gasteiger partial charge in [0.1, 0.15) is 25.4 Å². The molecule has 156 valence electrons. The summed E-state index contributed by atoms with van der Waals surface area (Å²) in [7, 11) is -3.62. The lowest BCUT2D eigenvalue weighted by atomic mass is 10.3. The van der Waals surface area contributed by atoms with Crippen LogP contribution in [0.5, 0.6) is 11.5 Å². The summed E-state index contributed by atoms with van der Waals surface area (Å²) in [6.07, 6.45) is 4.98. The van der Waals surface area contributed by atoms with E-state index in [1.807, 2.05) is 23.2 Å². The van der Waals surface area contributed by atoms with Gasteiger partial charge in [-0.05, 0) is 18.2 Å². The molecular weight excluding hydrogens is 408 g/mol. The Kier molecular flexibility index (Phi) is 4.75. The predicted octanol–water partition coefficient (Wildman–Crippen LogP) is 0.944. The fourth-order valence-corrected chi connectivity index (χ4v) is 4.97. The number of sulfonamides is 1. The minimum absolute atomic E-state index is 0.211. The van der Waals surface area contributed by atoms with E-state index < -0.39 is 10.0 Å². The van der Waals surface area contributed by atoms with Gasteiger partial charge in [0.25, 0.3) is 0 Å². The van der Waals surface area contributed by atoms with Crippen LogP contribution in [0.15, 0.2) is 53.9 Å². The van der Waals surface area contributed by atoms with E-state index in [-0.39, 0.29) is 4.90 Å². The number of hydrogen-bond acceptors (Lipinski definition) is 8. The van der Waals surface area contributed by atoms with Gasteiger partial charge in [0.15, 0.2) is 17.3 Å². The van der Waals surface area contributed by atoms with E-state index >= 15 is 0 Å². The Morgan fingerprint density at radius 2 is 1.67 bits per heavy atom. The molecule has 0 saturated carbocycles. The molecule has 1 saturated heterocycles. The van der Waals surface area contributed by atoms with E-state index in [1.165, 1.54) is 16.7 Å². The molecule has 10 nitrogen and oxygen atoms in total. The van der Waals surface area contributed by atoms with Crippen molar-refractivity contribution in [2.75, 3.05) is 44.3 Å². The SMILES string of the molecule is O=S(=O)(c1ccc2c(c1)OCCO2)N1CCN(c2cc(-n3cccn3)ncn2)CC1. The van der Waals surface area contributed by atoms with Crippen LogP contribution >= 0.6 is 0 Å². The highest BCUT2D eigenvalue weighted by atomic mass is 32.2. The summed E-state index contributed by atoms with van der Waals surface area (Å²) in [5.74, 6) is 2.44. The van der Waals surface area contributed by atoms with Crippen molar-refractivity contribution in [2.24, 2.45) is 0 Å². The van der Waals surface area contributed by atoms with Gasteiger partial charge in [-0.15, -0.1) is 0 Å². The summed E-state index contributed by atoms with van der Waals surface area (Å²) in [6, 6.07) is 8.42. The Hall–Kier alpha value is -3.18.